The highest BCUT2D eigenvalue weighted by Crippen LogP contribution is 2.27. The van der Waals surface area contributed by atoms with Crippen LogP contribution in [-0.2, 0) is 26.2 Å². The van der Waals surface area contributed by atoms with Gasteiger partial charge in [-0.05, 0) is 49.2 Å². The molecule has 0 saturated heterocycles. The first-order valence-corrected chi connectivity index (χ1v) is 12.8. The summed E-state index contributed by atoms with van der Waals surface area (Å²) in [5, 5.41) is 3.11. The molecule has 0 fully saturated rings. The minimum atomic E-state index is -3.90. The molecular weight excluding hydrogens is 492 g/mol. The van der Waals surface area contributed by atoms with Crippen molar-refractivity contribution in [2.75, 3.05) is 23.7 Å². The number of amides is 2. The number of benzene rings is 2. The molecule has 0 bridgehead atoms. The summed E-state index contributed by atoms with van der Waals surface area (Å²) in [6.45, 7) is 3.28. The Balaban J connectivity index is 2.45. The Morgan fingerprint density at radius 2 is 1.64 bits per heavy atom. The summed E-state index contributed by atoms with van der Waals surface area (Å²) in [7, 11) is -3.90. The average molecular weight is 518 g/mol. The number of hydrogen-bond acceptors (Lipinski definition) is 4. The van der Waals surface area contributed by atoms with Gasteiger partial charge in [0.25, 0.3) is 0 Å². The SMILES string of the molecule is CCNC(=O)[C@H](CC)N(Cc1ccc(F)cc1)C(=O)CN(c1cc(Cl)cc(Cl)c1)S(C)(=O)=O. The highest BCUT2D eigenvalue weighted by molar-refractivity contribution is 7.92. The van der Waals surface area contributed by atoms with Gasteiger partial charge in [-0.2, -0.15) is 0 Å². The second-order valence-corrected chi connectivity index (χ2v) is 10.1. The molecule has 7 nitrogen and oxygen atoms in total. The van der Waals surface area contributed by atoms with Gasteiger partial charge in [-0.3, -0.25) is 13.9 Å². The van der Waals surface area contributed by atoms with Crippen LogP contribution in [0.1, 0.15) is 25.8 Å². The van der Waals surface area contributed by atoms with E-state index in [4.69, 9.17) is 23.2 Å². The molecule has 0 aliphatic carbocycles. The molecule has 2 rings (SSSR count). The van der Waals surface area contributed by atoms with Crippen LogP contribution < -0.4 is 9.62 Å². The summed E-state index contributed by atoms with van der Waals surface area (Å²) in [5.74, 6) is -1.42. The molecule has 0 aliphatic rings. The van der Waals surface area contributed by atoms with Gasteiger partial charge in [0.15, 0.2) is 0 Å². The van der Waals surface area contributed by atoms with Crippen molar-refractivity contribution in [1.29, 1.82) is 0 Å². The molecule has 11 heteroatoms. The number of rotatable bonds is 10. The van der Waals surface area contributed by atoms with Crippen LogP contribution in [0, 0.1) is 5.82 Å². The topological polar surface area (TPSA) is 86.8 Å². The number of carbonyl (C=O) groups excluding carboxylic acids is 2. The zero-order valence-corrected chi connectivity index (χ0v) is 20.8. The Hall–Kier alpha value is -2.36. The van der Waals surface area contributed by atoms with Gasteiger partial charge < -0.3 is 10.2 Å². The molecule has 2 amide bonds. The second-order valence-electron chi connectivity index (χ2n) is 7.36. The van der Waals surface area contributed by atoms with E-state index in [1.165, 1.54) is 47.4 Å². The first-order valence-electron chi connectivity index (χ1n) is 10.2. The van der Waals surface area contributed by atoms with E-state index in [0.29, 0.717) is 18.5 Å². The van der Waals surface area contributed by atoms with Gasteiger partial charge in [0, 0.05) is 23.1 Å². The maximum Gasteiger partial charge on any atom is 0.244 e. The van der Waals surface area contributed by atoms with Crippen LogP contribution in [0.4, 0.5) is 10.1 Å². The number of nitrogens with zero attached hydrogens (tertiary/aromatic N) is 2. The van der Waals surface area contributed by atoms with Gasteiger partial charge in [0.1, 0.15) is 18.4 Å². The lowest BCUT2D eigenvalue weighted by molar-refractivity contribution is -0.140. The Kier molecular flexibility index (Phi) is 9.51. The van der Waals surface area contributed by atoms with Crippen molar-refractivity contribution in [2.24, 2.45) is 0 Å². The molecule has 33 heavy (non-hydrogen) atoms. The standard InChI is InChI=1S/C22H26Cl2FN3O4S/c1-4-20(22(30)26-5-2)27(13-15-6-8-18(25)9-7-15)21(29)14-28(33(3,31)32)19-11-16(23)10-17(24)12-19/h6-12,20H,4-5,13-14H2,1-3H3,(H,26,30)/t20-/m0/s1. The van der Waals surface area contributed by atoms with Gasteiger partial charge >= 0.3 is 0 Å². The molecule has 180 valence electrons. The van der Waals surface area contributed by atoms with Crippen molar-refractivity contribution < 1.29 is 22.4 Å². The van der Waals surface area contributed by atoms with Crippen molar-refractivity contribution in [2.45, 2.75) is 32.9 Å². The van der Waals surface area contributed by atoms with E-state index in [9.17, 15) is 22.4 Å². The molecule has 2 aromatic rings. The minimum Gasteiger partial charge on any atom is -0.355 e. The third-order valence-corrected chi connectivity index (χ3v) is 6.39. The van der Waals surface area contributed by atoms with Crippen LogP contribution in [0.3, 0.4) is 0 Å². The van der Waals surface area contributed by atoms with Crippen LogP contribution in [0.25, 0.3) is 0 Å². The third-order valence-electron chi connectivity index (χ3n) is 4.82. The fourth-order valence-corrected chi connectivity index (χ4v) is 4.64. The molecule has 0 radical (unpaired) electrons. The van der Waals surface area contributed by atoms with E-state index in [-0.39, 0.29) is 28.2 Å². The van der Waals surface area contributed by atoms with Crippen LogP contribution in [0.15, 0.2) is 42.5 Å². The fourth-order valence-electron chi connectivity index (χ4n) is 3.30. The summed E-state index contributed by atoms with van der Waals surface area (Å²) >= 11 is 12.1. The smallest absolute Gasteiger partial charge is 0.244 e. The monoisotopic (exact) mass is 517 g/mol. The lowest BCUT2D eigenvalue weighted by Gasteiger charge is -2.32. The van der Waals surface area contributed by atoms with Crippen LogP contribution in [0.5, 0.6) is 0 Å². The summed E-state index contributed by atoms with van der Waals surface area (Å²) < 4.78 is 39.3. The molecule has 0 aromatic heterocycles. The van der Waals surface area contributed by atoms with Gasteiger partial charge in [0.05, 0.1) is 11.9 Å². The number of carbonyl (C=O) groups is 2. The first kappa shape index (κ1) is 26.9. The molecule has 1 N–H and O–H groups in total. The van der Waals surface area contributed by atoms with Crippen LogP contribution in [0.2, 0.25) is 10.0 Å². The summed E-state index contributed by atoms with van der Waals surface area (Å²) in [6.07, 6.45) is 1.25. The maximum atomic E-state index is 13.4. The Bertz CT molecular complexity index is 1080. The van der Waals surface area contributed by atoms with Crippen molar-refractivity contribution in [3.8, 4) is 0 Å². The highest BCUT2D eigenvalue weighted by Gasteiger charge is 2.31. The Morgan fingerprint density at radius 3 is 2.12 bits per heavy atom. The predicted molar refractivity (Wildman–Crippen MR) is 128 cm³/mol. The quantitative estimate of drug-likeness (QED) is 0.518. The van der Waals surface area contributed by atoms with E-state index in [0.717, 1.165) is 10.6 Å². The third kappa shape index (κ3) is 7.58. The lowest BCUT2D eigenvalue weighted by Crippen LogP contribution is -2.52. The lowest BCUT2D eigenvalue weighted by atomic mass is 10.1. The van der Waals surface area contributed by atoms with Crippen molar-refractivity contribution in [3.63, 3.8) is 0 Å². The molecule has 0 heterocycles. The van der Waals surface area contributed by atoms with Gasteiger partial charge in [0.2, 0.25) is 21.8 Å². The second kappa shape index (κ2) is 11.7. The van der Waals surface area contributed by atoms with Gasteiger partial charge in [-0.1, -0.05) is 42.3 Å². The number of anilines is 1. The van der Waals surface area contributed by atoms with E-state index >= 15 is 0 Å². The molecule has 2 aromatic carbocycles. The minimum absolute atomic E-state index is 0.0113. The maximum absolute atomic E-state index is 13.4. The average Bonchev–Trinajstić information content (AvgIpc) is 2.71. The Morgan fingerprint density at radius 1 is 1.06 bits per heavy atom. The van der Waals surface area contributed by atoms with E-state index in [2.05, 4.69) is 5.32 Å². The van der Waals surface area contributed by atoms with E-state index in [1.54, 1.807) is 13.8 Å². The molecule has 0 aliphatic heterocycles. The number of sulfonamides is 1. The number of likely N-dealkylation sites (N-methyl/N-ethyl adjacent to an activating group) is 1. The van der Waals surface area contributed by atoms with E-state index < -0.39 is 34.3 Å². The predicted octanol–water partition coefficient (Wildman–Crippen LogP) is 3.84. The largest absolute Gasteiger partial charge is 0.355 e. The first-order chi connectivity index (χ1) is 15.5. The number of halogens is 3. The van der Waals surface area contributed by atoms with Crippen LogP contribution >= 0.6 is 23.2 Å². The molecule has 0 unspecified atom stereocenters. The van der Waals surface area contributed by atoms with Crippen molar-refractivity contribution in [1.82, 2.24) is 10.2 Å². The zero-order chi connectivity index (χ0) is 24.8. The zero-order valence-electron chi connectivity index (χ0n) is 18.5. The number of nitrogens with one attached hydrogen (secondary N) is 1. The van der Waals surface area contributed by atoms with E-state index in [1.807, 2.05) is 0 Å². The Labute approximate surface area is 203 Å². The summed E-state index contributed by atoms with van der Waals surface area (Å²) in [6, 6.07) is 8.87. The van der Waals surface area contributed by atoms with Crippen LogP contribution in [-0.4, -0.2) is 50.5 Å². The normalized spacial score (nSPS) is 12.2. The molecule has 0 saturated carbocycles. The molecule has 1 atom stereocenters. The van der Waals surface area contributed by atoms with Gasteiger partial charge in [-0.25, -0.2) is 12.8 Å². The molecule has 0 spiro atoms. The van der Waals surface area contributed by atoms with Crippen molar-refractivity contribution in [3.05, 3.63) is 63.9 Å². The summed E-state index contributed by atoms with van der Waals surface area (Å²) in [5.41, 5.74) is 0.709. The fraction of sp³-hybridized carbons (Fsp3) is 0.364. The highest BCUT2D eigenvalue weighted by atomic mass is 35.5. The molecular formula is C22H26Cl2FN3O4S. The number of hydrogen-bond donors (Lipinski definition) is 1. The van der Waals surface area contributed by atoms with Crippen molar-refractivity contribution >= 4 is 50.7 Å². The van der Waals surface area contributed by atoms with Gasteiger partial charge in [-0.15, -0.1) is 0 Å². The summed E-state index contributed by atoms with van der Waals surface area (Å²) in [4.78, 5) is 27.4.